The quantitative estimate of drug-likeness (QED) is 0.421. The van der Waals surface area contributed by atoms with Gasteiger partial charge in [0.2, 0.25) is 0 Å². The number of anilines is 1. The van der Waals surface area contributed by atoms with Gasteiger partial charge in [0.1, 0.15) is 0 Å². The van der Waals surface area contributed by atoms with Crippen LogP contribution in [-0.2, 0) is 0 Å². The Labute approximate surface area is 77.6 Å². The molecule has 0 aromatic heterocycles. The van der Waals surface area contributed by atoms with Gasteiger partial charge in [-0.15, -0.1) is 0 Å². The minimum absolute atomic E-state index is 0.0459. The van der Waals surface area contributed by atoms with Crippen LogP contribution in [0.3, 0.4) is 0 Å². The maximum Gasteiger partial charge on any atom is 0.151 e. The van der Waals surface area contributed by atoms with Crippen molar-refractivity contribution < 1.29 is 5.11 Å². The molecule has 0 heterocycles. The Morgan fingerprint density at radius 2 is 2.18 bits per heavy atom. The predicted octanol–water partition coefficient (Wildman–Crippen LogP) is 1.45. The first-order chi connectivity index (χ1) is 5.15. The molecular weight excluding hydrogens is 255 g/mol. The number of aromatic hydroxyl groups is 1. The number of hydrogen-bond donors (Lipinski definition) is 2. The van der Waals surface area contributed by atoms with Crippen molar-refractivity contribution in [1.82, 2.24) is 0 Å². The van der Waals surface area contributed by atoms with Gasteiger partial charge in [-0.1, -0.05) is 0 Å². The summed E-state index contributed by atoms with van der Waals surface area (Å²) in [6, 6.07) is 4.96. The zero-order valence-corrected chi connectivity index (χ0v) is 7.66. The molecule has 56 valence electrons. The number of nitrogens with zero attached hydrogens (tertiary/aromatic N) is 1. The van der Waals surface area contributed by atoms with Crippen LogP contribution in [0, 0.1) is 14.9 Å². The molecule has 0 saturated heterocycles. The standard InChI is InChI=1S/C7H5IN2O/c8-5-1-4(3-9)2-6(10)7(5)11/h1-2,11H,10H2. The van der Waals surface area contributed by atoms with Crippen molar-refractivity contribution in [3.8, 4) is 11.8 Å². The lowest BCUT2D eigenvalue weighted by Crippen LogP contribution is -1.89. The van der Waals surface area contributed by atoms with E-state index in [9.17, 15) is 5.11 Å². The second-order valence-electron chi connectivity index (χ2n) is 2.01. The summed E-state index contributed by atoms with van der Waals surface area (Å²) in [4.78, 5) is 0. The van der Waals surface area contributed by atoms with Gasteiger partial charge in [-0.05, 0) is 34.7 Å². The fraction of sp³-hybridized carbons (Fsp3) is 0. The lowest BCUT2D eigenvalue weighted by molar-refractivity contribution is 0.474. The van der Waals surface area contributed by atoms with Crippen LogP contribution >= 0.6 is 22.6 Å². The molecule has 0 aliphatic rings. The zero-order valence-electron chi connectivity index (χ0n) is 5.50. The van der Waals surface area contributed by atoms with Crippen molar-refractivity contribution in [3.63, 3.8) is 0 Å². The second kappa shape index (κ2) is 2.96. The third-order valence-electron chi connectivity index (χ3n) is 1.22. The van der Waals surface area contributed by atoms with Crippen LogP contribution in [0.25, 0.3) is 0 Å². The van der Waals surface area contributed by atoms with E-state index >= 15 is 0 Å². The van der Waals surface area contributed by atoms with Crippen molar-refractivity contribution in [1.29, 1.82) is 5.26 Å². The van der Waals surface area contributed by atoms with Gasteiger partial charge < -0.3 is 10.8 Å². The van der Waals surface area contributed by atoms with Crippen molar-refractivity contribution in [3.05, 3.63) is 21.3 Å². The van der Waals surface area contributed by atoms with E-state index in [2.05, 4.69) is 0 Å². The highest BCUT2D eigenvalue weighted by Crippen LogP contribution is 2.27. The molecule has 0 bridgehead atoms. The second-order valence-corrected chi connectivity index (χ2v) is 3.17. The Morgan fingerprint density at radius 1 is 1.55 bits per heavy atom. The summed E-state index contributed by atoms with van der Waals surface area (Å²) in [7, 11) is 0. The number of nitrogens with two attached hydrogens (primary N) is 1. The third kappa shape index (κ3) is 1.54. The van der Waals surface area contributed by atoms with Crippen LogP contribution in [0.1, 0.15) is 5.56 Å². The first-order valence-electron chi connectivity index (χ1n) is 2.83. The molecule has 1 aromatic rings. The molecule has 0 radical (unpaired) electrons. The number of rotatable bonds is 0. The van der Waals surface area contributed by atoms with Crippen molar-refractivity contribution >= 4 is 28.3 Å². The molecule has 1 aromatic carbocycles. The van der Waals surface area contributed by atoms with E-state index < -0.39 is 0 Å². The lowest BCUT2D eigenvalue weighted by Gasteiger charge is -2.00. The van der Waals surface area contributed by atoms with Gasteiger partial charge in [0.25, 0.3) is 0 Å². The van der Waals surface area contributed by atoms with Crippen LogP contribution in [0.4, 0.5) is 5.69 Å². The molecule has 0 aliphatic heterocycles. The third-order valence-corrected chi connectivity index (χ3v) is 2.04. The van der Waals surface area contributed by atoms with Crippen LogP contribution in [0.5, 0.6) is 5.75 Å². The summed E-state index contributed by atoms with van der Waals surface area (Å²) >= 11 is 1.92. The Kier molecular flexibility index (Phi) is 2.19. The Morgan fingerprint density at radius 3 is 2.64 bits per heavy atom. The number of hydrogen-bond acceptors (Lipinski definition) is 3. The van der Waals surface area contributed by atoms with E-state index in [1.54, 1.807) is 6.07 Å². The topological polar surface area (TPSA) is 70.0 Å². The van der Waals surface area contributed by atoms with E-state index in [0.717, 1.165) is 0 Å². The van der Waals surface area contributed by atoms with E-state index in [4.69, 9.17) is 11.0 Å². The average Bonchev–Trinajstić information content (AvgIpc) is 1.99. The summed E-state index contributed by atoms with van der Waals surface area (Å²) < 4.78 is 0.596. The number of phenols is 1. The van der Waals surface area contributed by atoms with E-state index in [1.165, 1.54) is 6.07 Å². The fourth-order valence-electron chi connectivity index (χ4n) is 0.685. The Hall–Kier alpha value is -0.960. The Balaban J connectivity index is 3.35. The average molecular weight is 260 g/mol. The number of phenolic OH excluding ortho intramolecular Hbond substituents is 1. The summed E-state index contributed by atoms with van der Waals surface area (Å²) in [6.07, 6.45) is 0. The molecule has 0 unspecified atom stereocenters. The van der Waals surface area contributed by atoms with Gasteiger partial charge in [0.15, 0.2) is 5.75 Å². The first-order valence-corrected chi connectivity index (χ1v) is 3.91. The highest BCUT2D eigenvalue weighted by Gasteiger charge is 2.03. The van der Waals surface area contributed by atoms with Crippen LogP contribution in [-0.4, -0.2) is 5.11 Å². The minimum atomic E-state index is 0.0459. The summed E-state index contributed by atoms with van der Waals surface area (Å²) in [5.41, 5.74) is 6.10. The van der Waals surface area contributed by atoms with Gasteiger partial charge in [-0.2, -0.15) is 5.26 Å². The van der Waals surface area contributed by atoms with Crippen molar-refractivity contribution in [2.45, 2.75) is 0 Å². The zero-order chi connectivity index (χ0) is 8.43. The smallest absolute Gasteiger partial charge is 0.151 e. The molecule has 11 heavy (non-hydrogen) atoms. The van der Waals surface area contributed by atoms with Gasteiger partial charge in [0, 0.05) is 0 Å². The molecule has 0 aliphatic carbocycles. The molecule has 4 heteroatoms. The molecule has 0 spiro atoms. The monoisotopic (exact) mass is 260 g/mol. The maximum atomic E-state index is 9.18. The largest absolute Gasteiger partial charge is 0.505 e. The molecule has 3 nitrogen and oxygen atoms in total. The molecular formula is C7H5IN2O. The molecule has 0 atom stereocenters. The van der Waals surface area contributed by atoms with Gasteiger partial charge in [0.05, 0.1) is 20.9 Å². The molecule has 0 fully saturated rings. The van der Waals surface area contributed by atoms with Crippen molar-refractivity contribution in [2.75, 3.05) is 5.73 Å². The molecule has 0 saturated carbocycles. The van der Waals surface area contributed by atoms with Gasteiger partial charge >= 0.3 is 0 Å². The summed E-state index contributed by atoms with van der Waals surface area (Å²) in [5, 5.41) is 17.7. The van der Waals surface area contributed by atoms with Crippen LogP contribution < -0.4 is 5.73 Å². The highest BCUT2D eigenvalue weighted by atomic mass is 127. The predicted molar refractivity (Wildman–Crippen MR) is 50.0 cm³/mol. The van der Waals surface area contributed by atoms with E-state index in [0.29, 0.717) is 9.13 Å². The minimum Gasteiger partial charge on any atom is -0.505 e. The van der Waals surface area contributed by atoms with Crippen LogP contribution in [0.15, 0.2) is 12.1 Å². The highest BCUT2D eigenvalue weighted by molar-refractivity contribution is 14.1. The summed E-state index contributed by atoms with van der Waals surface area (Å²) in [6.45, 7) is 0. The molecule has 3 N–H and O–H groups in total. The number of halogens is 1. The van der Waals surface area contributed by atoms with Crippen molar-refractivity contribution in [2.24, 2.45) is 0 Å². The fourth-order valence-corrected chi connectivity index (χ4v) is 1.33. The van der Waals surface area contributed by atoms with Crippen LogP contribution in [0.2, 0.25) is 0 Å². The number of benzene rings is 1. The number of nitriles is 1. The molecule has 1 rings (SSSR count). The van der Waals surface area contributed by atoms with E-state index in [-0.39, 0.29) is 11.4 Å². The maximum absolute atomic E-state index is 9.18. The van der Waals surface area contributed by atoms with E-state index in [1.807, 2.05) is 28.7 Å². The van der Waals surface area contributed by atoms with Gasteiger partial charge in [-0.3, -0.25) is 0 Å². The van der Waals surface area contributed by atoms with Gasteiger partial charge in [-0.25, -0.2) is 0 Å². The normalized spacial score (nSPS) is 9.09. The Bertz CT molecular complexity index is 307. The lowest BCUT2D eigenvalue weighted by atomic mass is 10.2. The molecule has 0 amide bonds. The first kappa shape index (κ1) is 8.14. The number of nitrogen functional groups attached to an aromatic ring is 1. The summed E-state index contributed by atoms with van der Waals surface area (Å²) in [5.74, 6) is 0.0459. The SMILES string of the molecule is N#Cc1cc(N)c(O)c(I)c1.